The second-order valence-corrected chi connectivity index (χ2v) is 6.28. The molecule has 0 fully saturated rings. The molecule has 0 aliphatic rings. The number of rotatable bonds is 8. The number of aliphatic hydroxyl groups is 1. The van der Waals surface area contributed by atoms with Crippen LogP contribution in [-0.4, -0.2) is 25.3 Å². The van der Waals surface area contributed by atoms with E-state index in [1.54, 1.807) is 7.11 Å². The Morgan fingerprint density at radius 2 is 1.58 bits per heavy atom. The minimum absolute atomic E-state index is 0.468. The van der Waals surface area contributed by atoms with Crippen molar-refractivity contribution in [2.24, 2.45) is 0 Å². The molecule has 3 rings (SSSR count). The summed E-state index contributed by atoms with van der Waals surface area (Å²) in [5.74, 6) is 0.886. The smallest absolute Gasteiger partial charge is 0.126 e. The lowest BCUT2D eigenvalue weighted by Crippen LogP contribution is -2.23. The van der Waals surface area contributed by atoms with Crippen molar-refractivity contribution in [3.8, 4) is 16.9 Å². The Balaban J connectivity index is 1.50. The number of hydrogen-bond acceptors (Lipinski definition) is 3. The maximum absolute atomic E-state index is 10.2. The Morgan fingerprint density at radius 3 is 2.31 bits per heavy atom. The summed E-state index contributed by atoms with van der Waals surface area (Å²) in [6, 6.07) is 26.4. The molecule has 0 radical (unpaired) electrons. The fourth-order valence-electron chi connectivity index (χ4n) is 3.00. The van der Waals surface area contributed by atoms with Crippen LogP contribution >= 0.6 is 0 Å². The van der Waals surface area contributed by atoms with Crippen molar-refractivity contribution in [2.45, 2.75) is 12.5 Å². The maximum Gasteiger partial charge on any atom is 0.126 e. The molecule has 3 aromatic carbocycles. The number of methoxy groups -OCH3 is 1. The predicted octanol–water partition coefficient (Wildman–Crippen LogP) is 4.23. The van der Waals surface area contributed by atoms with Gasteiger partial charge in [-0.05, 0) is 35.7 Å². The molecule has 134 valence electrons. The minimum atomic E-state index is -0.468. The van der Waals surface area contributed by atoms with Gasteiger partial charge in [0, 0.05) is 12.1 Å². The zero-order chi connectivity index (χ0) is 18.2. The van der Waals surface area contributed by atoms with E-state index in [2.05, 4.69) is 35.6 Å². The molecule has 0 aliphatic carbocycles. The molecule has 0 saturated carbocycles. The predicted molar refractivity (Wildman–Crippen MR) is 106 cm³/mol. The molecular weight excluding hydrogens is 322 g/mol. The number of aliphatic hydroxyl groups excluding tert-OH is 1. The Morgan fingerprint density at radius 1 is 0.885 bits per heavy atom. The van der Waals surface area contributed by atoms with E-state index in [9.17, 15) is 5.11 Å². The third kappa shape index (κ3) is 4.72. The molecule has 0 saturated heterocycles. The lowest BCUT2D eigenvalue weighted by molar-refractivity contribution is 0.175. The van der Waals surface area contributed by atoms with E-state index in [1.807, 2.05) is 48.5 Å². The van der Waals surface area contributed by atoms with Crippen molar-refractivity contribution in [1.82, 2.24) is 5.32 Å². The largest absolute Gasteiger partial charge is 0.496 e. The molecule has 26 heavy (non-hydrogen) atoms. The van der Waals surface area contributed by atoms with Gasteiger partial charge in [0.15, 0.2) is 0 Å². The van der Waals surface area contributed by atoms with Gasteiger partial charge < -0.3 is 15.2 Å². The minimum Gasteiger partial charge on any atom is -0.496 e. The van der Waals surface area contributed by atoms with Crippen molar-refractivity contribution in [3.05, 3.63) is 90.0 Å². The van der Waals surface area contributed by atoms with Gasteiger partial charge in [-0.15, -0.1) is 0 Å². The molecule has 0 aliphatic heterocycles. The number of benzene rings is 3. The van der Waals surface area contributed by atoms with Gasteiger partial charge in [-0.2, -0.15) is 0 Å². The molecule has 3 aromatic rings. The van der Waals surface area contributed by atoms with E-state index in [0.29, 0.717) is 6.54 Å². The fraction of sp³-hybridized carbons (Fsp3) is 0.217. The van der Waals surface area contributed by atoms with Crippen molar-refractivity contribution in [3.63, 3.8) is 0 Å². The average molecular weight is 347 g/mol. The van der Waals surface area contributed by atoms with Gasteiger partial charge >= 0.3 is 0 Å². The maximum atomic E-state index is 10.2. The second-order valence-electron chi connectivity index (χ2n) is 6.28. The third-order valence-corrected chi connectivity index (χ3v) is 4.48. The van der Waals surface area contributed by atoms with Crippen molar-refractivity contribution in [2.75, 3.05) is 20.2 Å². The van der Waals surface area contributed by atoms with Crippen molar-refractivity contribution >= 4 is 0 Å². The average Bonchev–Trinajstić information content (AvgIpc) is 2.72. The van der Waals surface area contributed by atoms with Crippen LogP contribution in [0.15, 0.2) is 78.9 Å². The summed E-state index contributed by atoms with van der Waals surface area (Å²) in [5, 5.41) is 13.5. The molecule has 1 unspecified atom stereocenters. The van der Waals surface area contributed by atoms with Gasteiger partial charge in [-0.3, -0.25) is 0 Å². The highest BCUT2D eigenvalue weighted by Crippen LogP contribution is 2.29. The quantitative estimate of drug-likeness (QED) is 0.599. The van der Waals surface area contributed by atoms with Crippen LogP contribution in [0.1, 0.15) is 17.2 Å². The lowest BCUT2D eigenvalue weighted by Gasteiger charge is -2.12. The van der Waals surface area contributed by atoms with Gasteiger partial charge in [0.2, 0.25) is 0 Å². The van der Waals surface area contributed by atoms with Crippen LogP contribution in [0.2, 0.25) is 0 Å². The van der Waals surface area contributed by atoms with Crippen LogP contribution in [0.3, 0.4) is 0 Å². The molecule has 0 spiro atoms. The fourth-order valence-corrected chi connectivity index (χ4v) is 3.00. The van der Waals surface area contributed by atoms with Gasteiger partial charge in [0.1, 0.15) is 5.75 Å². The van der Waals surface area contributed by atoms with Crippen LogP contribution in [0.5, 0.6) is 5.75 Å². The second kappa shape index (κ2) is 9.18. The van der Waals surface area contributed by atoms with Crippen molar-refractivity contribution < 1.29 is 9.84 Å². The highest BCUT2D eigenvalue weighted by molar-refractivity contribution is 5.70. The summed E-state index contributed by atoms with van der Waals surface area (Å²) < 4.78 is 5.43. The van der Waals surface area contributed by atoms with E-state index < -0.39 is 6.10 Å². The topological polar surface area (TPSA) is 41.5 Å². The van der Waals surface area contributed by atoms with Gasteiger partial charge in [0.25, 0.3) is 0 Å². The number of hydrogen-bond donors (Lipinski definition) is 2. The Hall–Kier alpha value is -2.62. The van der Waals surface area contributed by atoms with Gasteiger partial charge in [0.05, 0.1) is 13.2 Å². The molecule has 3 nitrogen and oxygen atoms in total. The van der Waals surface area contributed by atoms with Crippen molar-refractivity contribution in [1.29, 1.82) is 0 Å². The summed E-state index contributed by atoms with van der Waals surface area (Å²) in [7, 11) is 1.70. The normalized spacial score (nSPS) is 11.9. The molecule has 0 bridgehead atoms. The molecule has 2 N–H and O–H groups in total. The first kappa shape index (κ1) is 18.2. The number of para-hydroxylation sites is 1. The molecule has 0 aromatic heterocycles. The summed E-state index contributed by atoms with van der Waals surface area (Å²) in [4.78, 5) is 0. The molecule has 3 heteroatoms. The number of ether oxygens (including phenoxy) is 1. The van der Waals surface area contributed by atoms with Crippen LogP contribution < -0.4 is 10.1 Å². The van der Waals surface area contributed by atoms with Crippen LogP contribution in [0.25, 0.3) is 11.1 Å². The first-order valence-electron chi connectivity index (χ1n) is 8.94. The standard InChI is InChI=1S/C23H25NO2/c1-26-23-10-6-5-9-21(23)19-13-11-18(12-14-19)15-16-24-17-22(25)20-7-3-2-4-8-20/h2-14,22,24-25H,15-17H2,1H3. The Kier molecular flexibility index (Phi) is 6.42. The Labute approximate surface area is 155 Å². The van der Waals surface area contributed by atoms with Crippen LogP contribution in [0, 0.1) is 0 Å². The molecule has 1 atom stereocenters. The monoisotopic (exact) mass is 347 g/mol. The molecular formula is C23H25NO2. The number of nitrogens with one attached hydrogen (secondary N) is 1. The zero-order valence-electron chi connectivity index (χ0n) is 15.1. The van der Waals surface area contributed by atoms with E-state index >= 15 is 0 Å². The summed E-state index contributed by atoms with van der Waals surface area (Å²) in [5.41, 5.74) is 4.47. The van der Waals surface area contributed by atoms with E-state index in [1.165, 1.54) is 5.56 Å². The van der Waals surface area contributed by atoms with Gasteiger partial charge in [-0.25, -0.2) is 0 Å². The lowest BCUT2D eigenvalue weighted by atomic mass is 10.0. The summed E-state index contributed by atoms with van der Waals surface area (Å²) in [6.45, 7) is 1.39. The van der Waals surface area contributed by atoms with E-state index in [0.717, 1.165) is 35.4 Å². The first-order chi connectivity index (χ1) is 12.8. The summed E-state index contributed by atoms with van der Waals surface area (Å²) in [6.07, 6.45) is 0.456. The highest BCUT2D eigenvalue weighted by Gasteiger charge is 2.06. The van der Waals surface area contributed by atoms with E-state index in [-0.39, 0.29) is 0 Å². The highest BCUT2D eigenvalue weighted by atomic mass is 16.5. The van der Waals surface area contributed by atoms with Gasteiger partial charge in [-0.1, -0.05) is 72.8 Å². The summed E-state index contributed by atoms with van der Waals surface area (Å²) >= 11 is 0. The third-order valence-electron chi connectivity index (χ3n) is 4.48. The van der Waals surface area contributed by atoms with Crippen LogP contribution in [-0.2, 0) is 6.42 Å². The first-order valence-corrected chi connectivity index (χ1v) is 8.94. The van der Waals surface area contributed by atoms with Crippen LogP contribution in [0.4, 0.5) is 0 Å². The molecule has 0 heterocycles. The molecule has 0 amide bonds. The SMILES string of the molecule is COc1ccccc1-c1ccc(CCNCC(O)c2ccccc2)cc1. The zero-order valence-corrected chi connectivity index (χ0v) is 15.1. The van der Waals surface area contributed by atoms with E-state index in [4.69, 9.17) is 4.74 Å². The Bertz CT molecular complexity index is 800.